The first-order valence-electron chi connectivity index (χ1n) is 15.2. The Labute approximate surface area is 232 Å². The number of tetrazole rings is 1. The number of aromatic nitrogens is 4. The van der Waals surface area contributed by atoms with Crippen LogP contribution in [0.15, 0.2) is 23.8 Å². The van der Waals surface area contributed by atoms with E-state index in [4.69, 9.17) is 0 Å². The summed E-state index contributed by atoms with van der Waals surface area (Å²) in [5.74, 6) is 4.41. The number of hydrogen-bond donors (Lipinski definition) is 0. The lowest BCUT2D eigenvalue weighted by Gasteiger charge is -2.58. The Hall–Kier alpha value is -2.81. The molecular formula is C33H43N5O. The highest BCUT2D eigenvalue weighted by Crippen LogP contribution is 2.67. The molecule has 0 saturated heterocycles. The van der Waals surface area contributed by atoms with Gasteiger partial charge in [0.15, 0.2) is 11.4 Å². The van der Waals surface area contributed by atoms with Crippen molar-refractivity contribution in [1.29, 1.82) is 5.26 Å². The molecule has 39 heavy (non-hydrogen) atoms. The van der Waals surface area contributed by atoms with Crippen molar-refractivity contribution >= 4 is 17.5 Å². The number of Topliss-reactive ketones (excluding diaryl/α,β-unsaturated/α-hetero) is 1. The highest BCUT2D eigenvalue weighted by atomic mass is 16.1. The lowest BCUT2D eigenvalue weighted by atomic mass is 9.46. The van der Waals surface area contributed by atoms with Crippen LogP contribution in [0.5, 0.6) is 0 Å². The minimum atomic E-state index is -0.210. The molecule has 0 aromatic carbocycles. The van der Waals surface area contributed by atoms with Gasteiger partial charge in [-0.1, -0.05) is 53.7 Å². The van der Waals surface area contributed by atoms with Gasteiger partial charge in [-0.2, -0.15) is 9.78 Å². The van der Waals surface area contributed by atoms with Crippen LogP contribution < -0.4 is 0 Å². The molecule has 0 amide bonds. The second-order valence-corrected chi connectivity index (χ2v) is 13.9. The number of rotatable bonds is 5. The predicted octanol–water partition coefficient (Wildman–Crippen LogP) is 6.85. The van der Waals surface area contributed by atoms with E-state index in [1.54, 1.807) is 4.52 Å². The van der Waals surface area contributed by atoms with Crippen molar-refractivity contribution in [1.82, 2.24) is 20.0 Å². The largest absolute Gasteiger partial charge is 0.295 e. The summed E-state index contributed by atoms with van der Waals surface area (Å²) in [6.07, 6.45) is 14.6. The minimum absolute atomic E-state index is 0.210. The fraction of sp³-hybridized carbons (Fsp3) is 0.667. The molecule has 0 N–H and O–H groups in total. The molecule has 4 aliphatic carbocycles. The average molecular weight is 526 g/mol. The minimum Gasteiger partial charge on any atom is -0.295 e. The lowest BCUT2D eigenvalue weighted by molar-refractivity contribution is -0.128. The quantitative estimate of drug-likeness (QED) is 0.399. The first-order valence-corrected chi connectivity index (χ1v) is 15.2. The fourth-order valence-electron chi connectivity index (χ4n) is 9.74. The van der Waals surface area contributed by atoms with Crippen LogP contribution in [0.4, 0.5) is 0 Å². The van der Waals surface area contributed by atoms with E-state index in [-0.39, 0.29) is 5.41 Å². The van der Waals surface area contributed by atoms with Crippen LogP contribution >= 0.6 is 0 Å². The fourth-order valence-corrected chi connectivity index (χ4v) is 9.74. The normalized spacial score (nSPS) is 35.2. The zero-order valence-corrected chi connectivity index (χ0v) is 24.4. The molecule has 2 aromatic heterocycles. The van der Waals surface area contributed by atoms with Gasteiger partial charge in [-0.3, -0.25) is 4.79 Å². The van der Waals surface area contributed by atoms with Gasteiger partial charge in [0.2, 0.25) is 0 Å². The van der Waals surface area contributed by atoms with E-state index in [0.717, 1.165) is 23.3 Å². The Morgan fingerprint density at radius 1 is 1.18 bits per heavy atom. The third kappa shape index (κ3) is 3.86. The Bertz CT molecular complexity index is 1410. The van der Waals surface area contributed by atoms with E-state index in [0.29, 0.717) is 70.3 Å². The number of pyridine rings is 1. The van der Waals surface area contributed by atoms with Gasteiger partial charge in [0.05, 0.1) is 11.3 Å². The molecule has 6 rings (SSSR count). The number of ketones is 1. The topological polar surface area (TPSA) is 83.9 Å². The SMILES string of the molecule is CC[C@H](C=C[C@@H](C)[C@H]1CC[C@H]2[C@@H]3CC(=O)C4=Cc5c(cc(C#N)c6nnnn56)C[C@]4(C)[C@H]3CC[C@]12C)C(C)C. The predicted molar refractivity (Wildman–Crippen MR) is 152 cm³/mol. The number of nitrogens with zero attached hydrogens (tertiary/aromatic N) is 5. The van der Waals surface area contributed by atoms with Gasteiger partial charge in [0.1, 0.15) is 6.07 Å². The second kappa shape index (κ2) is 9.39. The monoisotopic (exact) mass is 525 g/mol. The number of carbonyl (C=O) groups is 1. The van der Waals surface area contributed by atoms with Crippen molar-refractivity contribution in [3.8, 4) is 6.07 Å². The van der Waals surface area contributed by atoms with Crippen LogP contribution in [0.2, 0.25) is 0 Å². The van der Waals surface area contributed by atoms with Gasteiger partial charge in [0.25, 0.3) is 0 Å². The van der Waals surface area contributed by atoms with Crippen LogP contribution in [-0.4, -0.2) is 25.8 Å². The van der Waals surface area contributed by atoms with Crippen LogP contribution in [0.25, 0.3) is 11.7 Å². The number of nitriles is 1. The Kier molecular flexibility index (Phi) is 6.36. The molecule has 3 saturated carbocycles. The molecule has 6 nitrogen and oxygen atoms in total. The average Bonchev–Trinajstić information content (AvgIpc) is 3.52. The van der Waals surface area contributed by atoms with Crippen LogP contribution in [0.1, 0.15) is 96.9 Å². The molecular weight excluding hydrogens is 482 g/mol. The van der Waals surface area contributed by atoms with Crippen molar-refractivity contribution in [3.63, 3.8) is 0 Å². The molecule has 0 unspecified atom stereocenters. The maximum Gasteiger partial charge on any atom is 0.197 e. The second-order valence-electron chi connectivity index (χ2n) is 13.9. The lowest BCUT2D eigenvalue weighted by Crippen LogP contribution is -2.53. The van der Waals surface area contributed by atoms with Crippen molar-refractivity contribution < 1.29 is 4.79 Å². The number of fused-ring (bicyclic) bond motifs is 8. The van der Waals surface area contributed by atoms with Crippen LogP contribution in [0.3, 0.4) is 0 Å². The Morgan fingerprint density at radius 3 is 2.69 bits per heavy atom. The van der Waals surface area contributed by atoms with Gasteiger partial charge in [-0.25, -0.2) is 0 Å². The first-order chi connectivity index (χ1) is 18.6. The standard InChI is InChI=1S/C33H43N5O/c1-7-21(19(2)3)9-8-20(4)25-10-11-26-24-15-30(39)28-16-29-22(14-23(18-34)31-35-36-37-38(29)31)17-33(28,6)27(24)12-13-32(25,26)5/h8-9,14,16,19-21,24-27H,7,10-13,15,17H2,1-6H3/t20-,21-,24+,25-,26+,27+,32-,33-/m1/s1. The molecule has 206 valence electrons. The summed E-state index contributed by atoms with van der Waals surface area (Å²) in [5.41, 5.74) is 3.94. The first kappa shape index (κ1) is 26.4. The molecule has 2 aromatic rings. The van der Waals surface area contributed by atoms with Crippen LogP contribution in [0, 0.1) is 63.6 Å². The Morgan fingerprint density at radius 2 is 1.97 bits per heavy atom. The number of allylic oxidation sites excluding steroid dienone is 3. The zero-order chi connectivity index (χ0) is 27.7. The van der Waals surface area contributed by atoms with E-state index < -0.39 is 0 Å². The molecule has 8 atom stereocenters. The molecule has 6 heteroatoms. The van der Waals surface area contributed by atoms with E-state index in [2.05, 4.69) is 81.4 Å². The summed E-state index contributed by atoms with van der Waals surface area (Å²) >= 11 is 0. The van der Waals surface area contributed by atoms with Crippen molar-refractivity contribution in [3.05, 3.63) is 40.6 Å². The van der Waals surface area contributed by atoms with Gasteiger partial charge >= 0.3 is 0 Å². The third-order valence-electron chi connectivity index (χ3n) is 11.8. The summed E-state index contributed by atoms with van der Waals surface area (Å²) in [4.78, 5) is 13.9. The molecule has 0 radical (unpaired) electrons. The van der Waals surface area contributed by atoms with Gasteiger partial charge in [-0.05, 0) is 113 Å². The van der Waals surface area contributed by atoms with Gasteiger partial charge in [-0.15, -0.1) is 5.10 Å². The molecule has 0 bridgehead atoms. The van der Waals surface area contributed by atoms with E-state index in [1.165, 1.54) is 32.1 Å². The van der Waals surface area contributed by atoms with Crippen molar-refractivity contribution in [2.24, 2.45) is 52.3 Å². The van der Waals surface area contributed by atoms with Crippen LogP contribution in [-0.2, 0) is 11.2 Å². The smallest absolute Gasteiger partial charge is 0.197 e. The van der Waals surface area contributed by atoms with Gasteiger partial charge in [0, 0.05) is 17.4 Å². The van der Waals surface area contributed by atoms with E-state index in [1.807, 2.05) is 6.07 Å². The van der Waals surface area contributed by atoms with E-state index >= 15 is 0 Å². The number of hydrogen-bond acceptors (Lipinski definition) is 5. The molecule has 4 aliphatic rings. The maximum atomic E-state index is 13.9. The highest BCUT2D eigenvalue weighted by molar-refractivity contribution is 6.02. The summed E-state index contributed by atoms with van der Waals surface area (Å²) < 4.78 is 1.65. The summed E-state index contributed by atoms with van der Waals surface area (Å²) in [6, 6.07) is 4.24. The summed E-state index contributed by atoms with van der Waals surface area (Å²) in [6.45, 7) is 14.3. The summed E-state index contributed by atoms with van der Waals surface area (Å²) in [5, 5.41) is 21.8. The highest BCUT2D eigenvalue weighted by Gasteiger charge is 2.61. The molecule has 0 aliphatic heterocycles. The zero-order valence-electron chi connectivity index (χ0n) is 24.4. The molecule has 3 fully saturated rings. The number of carbonyl (C=O) groups excluding carboxylic acids is 1. The van der Waals surface area contributed by atoms with Gasteiger partial charge < -0.3 is 0 Å². The third-order valence-corrected chi connectivity index (χ3v) is 11.8. The van der Waals surface area contributed by atoms with E-state index in [9.17, 15) is 10.1 Å². The van der Waals surface area contributed by atoms with Crippen molar-refractivity contribution in [2.75, 3.05) is 0 Å². The summed E-state index contributed by atoms with van der Waals surface area (Å²) in [7, 11) is 0. The Balaban J connectivity index is 1.31. The van der Waals surface area contributed by atoms with Crippen molar-refractivity contribution in [2.45, 2.75) is 86.5 Å². The molecule has 0 spiro atoms. The maximum absolute atomic E-state index is 13.9. The molecule has 2 heterocycles.